The van der Waals surface area contributed by atoms with Crippen LogP contribution in [-0.4, -0.2) is 44.2 Å². The minimum Gasteiger partial charge on any atom is -0.480 e. The van der Waals surface area contributed by atoms with Gasteiger partial charge in [-0.05, 0) is 13.8 Å². The Morgan fingerprint density at radius 2 is 2.14 bits per heavy atom. The number of aromatic nitrogens is 2. The fourth-order valence-corrected chi connectivity index (χ4v) is 1.93. The SMILES string of the molecule is Cc1oc2nc[nH]c(=O)c2c1C(=O)N[C@H](C(=O)O)[C@@H](C)O. The molecule has 1 amide bonds. The number of nitrogens with one attached hydrogen (secondary N) is 2. The van der Waals surface area contributed by atoms with Crippen LogP contribution in [0.4, 0.5) is 0 Å². The number of carbonyl (C=O) groups excluding carboxylic acids is 1. The summed E-state index contributed by atoms with van der Waals surface area (Å²) in [5, 5.41) is 20.4. The van der Waals surface area contributed by atoms with Crippen LogP contribution in [0, 0.1) is 6.92 Å². The number of aliphatic hydroxyl groups is 1. The molecule has 0 unspecified atom stereocenters. The molecule has 0 aromatic carbocycles. The Morgan fingerprint density at radius 1 is 1.48 bits per heavy atom. The second-order valence-electron chi connectivity index (χ2n) is 4.48. The van der Waals surface area contributed by atoms with Crippen molar-refractivity contribution in [1.29, 1.82) is 0 Å². The van der Waals surface area contributed by atoms with Crippen molar-refractivity contribution in [3.8, 4) is 0 Å². The first kappa shape index (κ1) is 14.7. The van der Waals surface area contributed by atoms with Crippen molar-refractivity contribution in [3.63, 3.8) is 0 Å². The highest BCUT2D eigenvalue weighted by Gasteiger charge is 2.29. The maximum Gasteiger partial charge on any atom is 0.328 e. The number of carboxylic acid groups (broad SMARTS) is 1. The molecule has 0 radical (unpaired) electrons. The molecule has 4 N–H and O–H groups in total. The van der Waals surface area contributed by atoms with Crippen molar-refractivity contribution in [2.45, 2.75) is 26.0 Å². The molecule has 9 heteroatoms. The van der Waals surface area contributed by atoms with Crippen molar-refractivity contribution in [1.82, 2.24) is 15.3 Å². The van der Waals surface area contributed by atoms with Gasteiger partial charge >= 0.3 is 5.97 Å². The summed E-state index contributed by atoms with van der Waals surface area (Å²) >= 11 is 0. The Hall–Kier alpha value is -2.68. The number of carboxylic acids is 1. The molecule has 0 aliphatic carbocycles. The molecule has 2 rings (SSSR count). The van der Waals surface area contributed by atoms with Gasteiger partial charge in [-0.1, -0.05) is 0 Å². The van der Waals surface area contributed by atoms with E-state index < -0.39 is 29.6 Å². The maximum atomic E-state index is 12.2. The van der Waals surface area contributed by atoms with E-state index in [1.807, 2.05) is 0 Å². The van der Waals surface area contributed by atoms with Gasteiger partial charge in [0.2, 0.25) is 5.71 Å². The number of hydrogen-bond acceptors (Lipinski definition) is 6. The van der Waals surface area contributed by atoms with Gasteiger partial charge in [0.25, 0.3) is 11.5 Å². The standard InChI is InChI=1S/C12H13N3O6/c1-4(16)8(12(19)20)15-10(18)6-5(2)21-11-7(6)9(17)13-3-14-11/h3-4,8,16H,1-2H3,(H,15,18)(H,19,20)(H,13,14,17)/t4-,8+/m1/s1. The first-order valence-electron chi connectivity index (χ1n) is 6.01. The van der Waals surface area contributed by atoms with Crippen molar-refractivity contribution in [2.75, 3.05) is 0 Å². The van der Waals surface area contributed by atoms with Gasteiger partial charge in [0.1, 0.15) is 11.1 Å². The molecule has 0 aliphatic rings. The quantitative estimate of drug-likeness (QED) is 0.588. The van der Waals surface area contributed by atoms with Crippen LogP contribution in [0.15, 0.2) is 15.5 Å². The zero-order chi connectivity index (χ0) is 15.7. The summed E-state index contributed by atoms with van der Waals surface area (Å²) in [5.41, 5.74) is -0.706. The van der Waals surface area contributed by atoms with Crippen LogP contribution < -0.4 is 10.9 Å². The number of hydrogen-bond donors (Lipinski definition) is 4. The van der Waals surface area contributed by atoms with Gasteiger partial charge in [-0.2, -0.15) is 0 Å². The van der Waals surface area contributed by atoms with Gasteiger partial charge in [-0.15, -0.1) is 0 Å². The maximum absolute atomic E-state index is 12.2. The molecular weight excluding hydrogens is 282 g/mol. The minimum atomic E-state index is -1.50. The lowest BCUT2D eigenvalue weighted by molar-refractivity contribution is -0.141. The molecule has 0 bridgehead atoms. The molecule has 0 saturated carbocycles. The summed E-state index contributed by atoms with van der Waals surface area (Å²) in [4.78, 5) is 41.0. The van der Waals surface area contributed by atoms with E-state index in [1.54, 1.807) is 0 Å². The number of aromatic amines is 1. The molecule has 2 aromatic rings. The lowest BCUT2D eigenvalue weighted by Crippen LogP contribution is -2.47. The summed E-state index contributed by atoms with van der Waals surface area (Å²) < 4.78 is 5.20. The fourth-order valence-electron chi connectivity index (χ4n) is 1.93. The number of aliphatic carboxylic acids is 1. The minimum absolute atomic E-state index is 0.0229. The van der Waals surface area contributed by atoms with Crippen molar-refractivity contribution in [3.05, 3.63) is 28.0 Å². The predicted octanol–water partition coefficient (Wildman–Crippen LogP) is -0.612. The average molecular weight is 295 g/mol. The molecule has 0 saturated heterocycles. The third kappa shape index (κ3) is 2.63. The van der Waals surface area contributed by atoms with Crippen LogP contribution >= 0.6 is 0 Å². The summed E-state index contributed by atoms with van der Waals surface area (Å²) in [6.45, 7) is 2.68. The average Bonchev–Trinajstić information content (AvgIpc) is 2.72. The van der Waals surface area contributed by atoms with Crippen LogP contribution in [0.1, 0.15) is 23.0 Å². The highest BCUT2D eigenvalue weighted by Crippen LogP contribution is 2.20. The first-order valence-corrected chi connectivity index (χ1v) is 6.01. The normalized spacial score (nSPS) is 13.9. The Morgan fingerprint density at radius 3 is 2.71 bits per heavy atom. The van der Waals surface area contributed by atoms with Crippen molar-refractivity contribution >= 4 is 23.0 Å². The molecule has 2 heterocycles. The summed E-state index contributed by atoms with van der Waals surface area (Å²) in [6, 6.07) is -1.50. The van der Waals surface area contributed by atoms with Crippen LogP contribution in [0.25, 0.3) is 11.1 Å². The van der Waals surface area contributed by atoms with Gasteiger partial charge in [0.15, 0.2) is 6.04 Å². The molecule has 0 aliphatic heterocycles. The highest BCUT2D eigenvalue weighted by molar-refractivity contribution is 6.07. The van der Waals surface area contributed by atoms with E-state index in [1.165, 1.54) is 13.8 Å². The largest absolute Gasteiger partial charge is 0.480 e. The number of fused-ring (bicyclic) bond motifs is 1. The molecule has 112 valence electrons. The molecule has 2 atom stereocenters. The molecule has 9 nitrogen and oxygen atoms in total. The van der Waals surface area contributed by atoms with Crippen molar-refractivity contribution in [2.24, 2.45) is 0 Å². The van der Waals surface area contributed by atoms with Crippen molar-refractivity contribution < 1.29 is 24.2 Å². The smallest absolute Gasteiger partial charge is 0.328 e. The molecule has 0 spiro atoms. The Bertz CT molecular complexity index is 760. The molecule has 2 aromatic heterocycles. The summed E-state index contributed by atoms with van der Waals surface area (Å²) in [5.74, 6) is -2.10. The topological polar surface area (TPSA) is 146 Å². The lowest BCUT2D eigenvalue weighted by atomic mass is 10.1. The number of aliphatic hydroxyl groups excluding tert-OH is 1. The number of amides is 1. The number of nitrogens with zero attached hydrogens (tertiary/aromatic N) is 1. The molecule has 0 fully saturated rings. The van der Waals surface area contributed by atoms with E-state index in [0.29, 0.717) is 0 Å². The first-order chi connectivity index (χ1) is 9.82. The third-order valence-electron chi connectivity index (χ3n) is 2.93. The highest BCUT2D eigenvalue weighted by atomic mass is 16.4. The van der Waals surface area contributed by atoms with E-state index in [-0.39, 0.29) is 22.4 Å². The number of rotatable bonds is 4. The van der Waals surface area contributed by atoms with Crippen LogP contribution in [0.5, 0.6) is 0 Å². The van der Waals surface area contributed by atoms with E-state index in [0.717, 1.165) is 6.33 Å². The van der Waals surface area contributed by atoms with Crippen LogP contribution in [0.3, 0.4) is 0 Å². The van der Waals surface area contributed by atoms with Crippen LogP contribution in [0.2, 0.25) is 0 Å². The second-order valence-corrected chi connectivity index (χ2v) is 4.48. The molecule has 21 heavy (non-hydrogen) atoms. The van der Waals surface area contributed by atoms with E-state index in [4.69, 9.17) is 9.52 Å². The number of aryl methyl sites for hydroxylation is 1. The van der Waals surface area contributed by atoms with Gasteiger partial charge in [0.05, 0.1) is 18.0 Å². The van der Waals surface area contributed by atoms with E-state index in [2.05, 4.69) is 15.3 Å². The summed E-state index contributed by atoms with van der Waals surface area (Å²) in [7, 11) is 0. The monoisotopic (exact) mass is 295 g/mol. The number of furan rings is 1. The number of H-pyrrole nitrogens is 1. The third-order valence-corrected chi connectivity index (χ3v) is 2.93. The lowest BCUT2D eigenvalue weighted by Gasteiger charge is -2.16. The zero-order valence-electron chi connectivity index (χ0n) is 11.2. The van der Waals surface area contributed by atoms with Crippen LogP contribution in [-0.2, 0) is 4.79 Å². The van der Waals surface area contributed by atoms with Gasteiger partial charge in [0, 0.05) is 0 Å². The van der Waals surface area contributed by atoms with Gasteiger partial charge in [-0.25, -0.2) is 9.78 Å². The zero-order valence-corrected chi connectivity index (χ0v) is 11.2. The van der Waals surface area contributed by atoms with E-state index in [9.17, 15) is 19.5 Å². The summed E-state index contributed by atoms with van der Waals surface area (Å²) in [6.07, 6.45) is -0.174. The number of carbonyl (C=O) groups is 2. The Labute approximate surface area is 117 Å². The van der Waals surface area contributed by atoms with Gasteiger partial charge < -0.3 is 24.9 Å². The predicted molar refractivity (Wildman–Crippen MR) is 69.9 cm³/mol. The van der Waals surface area contributed by atoms with E-state index >= 15 is 0 Å². The second kappa shape index (κ2) is 5.37. The van der Waals surface area contributed by atoms with Gasteiger partial charge in [-0.3, -0.25) is 9.59 Å². The fraction of sp³-hybridized carbons (Fsp3) is 0.333. The Kier molecular flexibility index (Phi) is 3.76. The molecular formula is C12H13N3O6. The Balaban J connectivity index is 2.47.